The summed E-state index contributed by atoms with van der Waals surface area (Å²) in [6.07, 6.45) is 0.575. The van der Waals surface area contributed by atoms with E-state index >= 15 is 0 Å². The molecule has 0 heterocycles. The normalized spacial score (nSPS) is 13.2. The second-order valence-corrected chi connectivity index (χ2v) is 3.71. The zero-order valence-corrected chi connectivity index (χ0v) is 8.72. The van der Waals surface area contributed by atoms with Crippen LogP contribution in [-0.2, 0) is 4.79 Å². The molecule has 72 valence electrons. The summed E-state index contributed by atoms with van der Waals surface area (Å²) < 4.78 is 0. The summed E-state index contributed by atoms with van der Waals surface area (Å²) >= 11 is 0. The molecule has 12 heavy (non-hydrogen) atoms. The highest BCUT2D eigenvalue weighted by Crippen LogP contribution is 1.95. The predicted molar refractivity (Wildman–Crippen MR) is 51.0 cm³/mol. The minimum absolute atomic E-state index is 0.177. The van der Waals surface area contributed by atoms with Gasteiger partial charge >= 0.3 is 0 Å². The van der Waals surface area contributed by atoms with Crippen LogP contribution in [0.15, 0.2) is 0 Å². The molecule has 1 amide bonds. The Balaban J connectivity index is 3.69. The van der Waals surface area contributed by atoms with Crippen LogP contribution < -0.4 is 5.32 Å². The number of hydrogen-bond acceptors (Lipinski definition) is 2. The molecule has 0 aliphatic carbocycles. The fraction of sp³-hybridized carbons (Fsp3) is 0.889. The summed E-state index contributed by atoms with van der Waals surface area (Å²) in [5.74, 6) is 0.177. The third-order valence-electron chi connectivity index (χ3n) is 1.60. The van der Waals surface area contributed by atoms with Crippen LogP contribution in [0.25, 0.3) is 0 Å². The van der Waals surface area contributed by atoms with Crippen LogP contribution in [0.2, 0.25) is 0 Å². The van der Waals surface area contributed by atoms with Crippen molar-refractivity contribution in [2.45, 2.75) is 39.3 Å². The fourth-order valence-electron chi connectivity index (χ4n) is 1.07. The number of amides is 1. The van der Waals surface area contributed by atoms with Gasteiger partial charge in [0.2, 0.25) is 5.91 Å². The molecule has 0 spiro atoms. The maximum atomic E-state index is 11.2. The van der Waals surface area contributed by atoms with Gasteiger partial charge in [-0.25, -0.2) is 0 Å². The number of hydrogen-bond donors (Lipinski definition) is 1. The summed E-state index contributed by atoms with van der Waals surface area (Å²) in [6, 6.07) is 0.704. The van der Waals surface area contributed by atoms with E-state index in [4.69, 9.17) is 0 Å². The Labute approximate surface area is 75.1 Å². The minimum Gasteiger partial charge on any atom is -0.349 e. The Morgan fingerprint density at radius 2 is 1.83 bits per heavy atom. The maximum absolute atomic E-state index is 11.2. The van der Waals surface area contributed by atoms with Crippen molar-refractivity contribution in [3.05, 3.63) is 0 Å². The van der Waals surface area contributed by atoms with Gasteiger partial charge in [0, 0.05) is 32.6 Å². The number of nitrogens with one attached hydrogen (secondary N) is 1. The second kappa shape index (κ2) is 5.14. The Morgan fingerprint density at radius 3 is 2.17 bits per heavy atom. The lowest BCUT2D eigenvalue weighted by Crippen LogP contribution is -2.36. The van der Waals surface area contributed by atoms with Gasteiger partial charge in [0.25, 0.3) is 0 Å². The fourth-order valence-corrected chi connectivity index (χ4v) is 1.07. The Hall–Kier alpha value is -0.570. The summed E-state index contributed by atoms with van der Waals surface area (Å²) in [4.78, 5) is 12.8. The molecule has 0 fully saturated rings. The highest BCUT2D eigenvalue weighted by atomic mass is 16.2. The van der Waals surface area contributed by atoms with Gasteiger partial charge in [0.15, 0.2) is 0 Å². The molecule has 0 radical (unpaired) electrons. The molecule has 1 N–H and O–H groups in total. The van der Waals surface area contributed by atoms with Crippen molar-refractivity contribution < 1.29 is 4.79 Å². The molecule has 0 aromatic rings. The molecular weight excluding hydrogens is 152 g/mol. The van der Waals surface area contributed by atoms with Gasteiger partial charge in [-0.3, -0.25) is 4.79 Å². The van der Waals surface area contributed by atoms with E-state index in [1.165, 1.54) is 0 Å². The first-order chi connectivity index (χ1) is 5.43. The average Bonchev–Trinajstić information content (AvgIpc) is 1.84. The number of carbonyl (C=O) groups is 1. The van der Waals surface area contributed by atoms with Gasteiger partial charge in [0.05, 0.1) is 0 Å². The second-order valence-electron chi connectivity index (χ2n) is 3.71. The molecule has 0 aliphatic heterocycles. The van der Waals surface area contributed by atoms with Crippen molar-refractivity contribution in [2.24, 2.45) is 0 Å². The lowest BCUT2D eigenvalue weighted by Gasteiger charge is -2.18. The van der Waals surface area contributed by atoms with Crippen LogP contribution in [0.1, 0.15) is 27.2 Å². The van der Waals surface area contributed by atoms with Crippen molar-refractivity contribution in [2.75, 3.05) is 14.1 Å². The summed E-state index contributed by atoms with van der Waals surface area (Å²) in [6.45, 7) is 6.19. The van der Waals surface area contributed by atoms with Crippen LogP contribution >= 0.6 is 0 Å². The molecule has 3 heteroatoms. The van der Waals surface area contributed by atoms with Crippen molar-refractivity contribution in [3.8, 4) is 0 Å². The van der Waals surface area contributed by atoms with Gasteiger partial charge in [0.1, 0.15) is 0 Å². The SMILES string of the molecule is CC(C)NC(C)CC(=O)N(C)C. The lowest BCUT2D eigenvalue weighted by molar-refractivity contribution is -0.129. The first kappa shape index (κ1) is 11.4. The molecular formula is C9H20N2O. The Bertz CT molecular complexity index is 143. The average molecular weight is 172 g/mol. The topological polar surface area (TPSA) is 32.3 Å². The van der Waals surface area contributed by atoms with E-state index in [9.17, 15) is 4.79 Å². The van der Waals surface area contributed by atoms with Gasteiger partial charge in [-0.05, 0) is 6.92 Å². The third-order valence-corrected chi connectivity index (χ3v) is 1.60. The zero-order valence-electron chi connectivity index (χ0n) is 8.72. The molecule has 3 nitrogen and oxygen atoms in total. The van der Waals surface area contributed by atoms with E-state index in [-0.39, 0.29) is 11.9 Å². The van der Waals surface area contributed by atoms with Gasteiger partial charge in [-0.15, -0.1) is 0 Å². The zero-order chi connectivity index (χ0) is 9.72. The Morgan fingerprint density at radius 1 is 1.33 bits per heavy atom. The molecule has 0 aliphatic rings. The molecule has 0 saturated heterocycles. The number of nitrogens with zero attached hydrogens (tertiary/aromatic N) is 1. The quantitative estimate of drug-likeness (QED) is 0.682. The summed E-state index contributed by atoms with van der Waals surface area (Å²) in [5, 5.41) is 3.28. The van der Waals surface area contributed by atoms with E-state index in [1.54, 1.807) is 19.0 Å². The number of rotatable bonds is 4. The first-order valence-corrected chi connectivity index (χ1v) is 4.39. The van der Waals surface area contributed by atoms with Crippen LogP contribution in [0.3, 0.4) is 0 Å². The molecule has 0 bridgehead atoms. The van der Waals surface area contributed by atoms with Crippen molar-refractivity contribution in [1.82, 2.24) is 10.2 Å². The predicted octanol–water partition coefficient (Wildman–Crippen LogP) is 0.851. The Kier molecular flexibility index (Phi) is 4.90. The van der Waals surface area contributed by atoms with E-state index < -0.39 is 0 Å². The standard InChI is InChI=1S/C9H20N2O/c1-7(2)10-8(3)6-9(12)11(4)5/h7-8,10H,6H2,1-5H3. The van der Waals surface area contributed by atoms with E-state index in [1.807, 2.05) is 6.92 Å². The van der Waals surface area contributed by atoms with Gasteiger partial charge in [-0.1, -0.05) is 13.8 Å². The van der Waals surface area contributed by atoms with Crippen molar-refractivity contribution in [1.29, 1.82) is 0 Å². The van der Waals surface area contributed by atoms with E-state index in [0.29, 0.717) is 12.5 Å². The van der Waals surface area contributed by atoms with Crippen LogP contribution in [0, 0.1) is 0 Å². The van der Waals surface area contributed by atoms with Gasteiger partial charge < -0.3 is 10.2 Å². The molecule has 0 aromatic heterocycles. The highest BCUT2D eigenvalue weighted by molar-refractivity contribution is 5.76. The molecule has 1 unspecified atom stereocenters. The molecule has 0 aromatic carbocycles. The number of carbonyl (C=O) groups excluding carboxylic acids is 1. The summed E-state index contributed by atoms with van der Waals surface area (Å²) in [5.41, 5.74) is 0. The minimum atomic E-state index is 0.177. The van der Waals surface area contributed by atoms with Crippen LogP contribution in [0.4, 0.5) is 0 Å². The summed E-state index contributed by atoms with van der Waals surface area (Å²) in [7, 11) is 3.56. The van der Waals surface area contributed by atoms with E-state index in [2.05, 4.69) is 19.2 Å². The lowest BCUT2D eigenvalue weighted by atomic mass is 10.2. The highest BCUT2D eigenvalue weighted by Gasteiger charge is 2.10. The van der Waals surface area contributed by atoms with Crippen molar-refractivity contribution >= 4 is 5.91 Å². The largest absolute Gasteiger partial charge is 0.349 e. The van der Waals surface area contributed by atoms with Gasteiger partial charge in [-0.2, -0.15) is 0 Å². The molecule has 0 saturated carbocycles. The van der Waals surface area contributed by atoms with Crippen molar-refractivity contribution in [3.63, 3.8) is 0 Å². The van der Waals surface area contributed by atoms with Crippen LogP contribution in [0.5, 0.6) is 0 Å². The maximum Gasteiger partial charge on any atom is 0.223 e. The molecule has 0 rings (SSSR count). The monoisotopic (exact) mass is 172 g/mol. The smallest absolute Gasteiger partial charge is 0.223 e. The van der Waals surface area contributed by atoms with E-state index in [0.717, 1.165) is 0 Å². The third kappa shape index (κ3) is 5.13. The van der Waals surface area contributed by atoms with Crippen LogP contribution in [-0.4, -0.2) is 37.0 Å². The molecule has 1 atom stereocenters. The first-order valence-electron chi connectivity index (χ1n) is 4.39.